The average Bonchev–Trinajstić information content (AvgIpc) is 1.98. The predicted molar refractivity (Wildman–Crippen MR) is 60.7 cm³/mol. The Balaban J connectivity index is 2.21. The van der Waals surface area contributed by atoms with Crippen molar-refractivity contribution in [1.82, 2.24) is 0 Å². The quantitative estimate of drug-likeness (QED) is 0.821. The maximum absolute atomic E-state index is 6.12. The van der Waals surface area contributed by atoms with Crippen molar-refractivity contribution in [2.45, 2.75) is 25.3 Å². The lowest BCUT2D eigenvalue weighted by Crippen LogP contribution is -2.26. The van der Waals surface area contributed by atoms with Crippen LogP contribution in [0, 0.1) is 5.92 Å². The summed E-state index contributed by atoms with van der Waals surface area (Å²) in [5.41, 5.74) is 7.18. The average molecular weight is 230 g/mol. The van der Waals surface area contributed by atoms with E-state index in [2.05, 4.69) is 0 Å². The zero-order valence-corrected chi connectivity index (χ0v) is 9.35. The topological polar surface area (TPSA) is 26.0 Å². The highest BCUT2D eigenvalue weighted by Crippen LogP contribution is 2.37. The molecule has 2 N–H and O–H groups in total. The van der Waals surface area contributed by atoms with Crippen molar-refractivity contribution in [2.75, 3.05) is 0 Å². The molecule has 3 heteroatoms. The van der Waals surface area contributed by atoms with Crippen molar-refractivity contribution in [3.63, 3.8) is 0 Å². The lowest BCUT2D eigenvalue weighted by molar-refractivity contribution is 0.264. The van der Waals surface area contributed by atoms with Crippen LogP contribution in [0.2, 0.25) is 10.0 Å². The van der Waals surface area contributed by atoms with Crippen molar-refractivity contribution in [2.24, 2.45) is 11.7 Å². The van der Waals surface area contributed by atoms with E-state index in [-0.39, 0.29) is 6.04 Å². The summed E-state index contributed by atoms with van der Waals surface area (Å²) < 4.78 is 0. The van der Waals surface area contributed by atoms with E-state index in [1.54, 1.807) is 6.07 Å². The molecule has 1 aromatic carbocycles. The van der Waals surface area contributed by atoms with Gasteiger partial charge in [-0.2, -0.15) is 0 Å². The molecule has 0 radical (unpaired) electrons. The van der Waals surface area contributed by atoms with Gasteiger partial charge in [-0.3, -0.25) is 0 Å². The number of hydrogen-bond donors (Lipinski definition) is 1. The smallest absolute Gasteiger partial charge is 0.0424 e. The Labute approximate surface area is 94.2 Å². The standard InChI is InChI=1S/C11H13Cl2N/c12-9-4-8(5-10(13)6-9)11(14)7-2-1-3-7/h4-7,11H,1-3,14H2/t11-/m0/s1. The Morgan fingerprint density at radius 3 is 2.14 bits per heavy atom. The molecule has 1 nitrogen and oxygen atoms in total. The van der Waals surface area contributed by atoms with Crippen LogP contribution in [0.25, 0.3) is 0 Å². The maximum atomic E-state index is 6.12. The molecule has 14 heavy (non-hydrogen) atoms. The van der Waals surface area contributed by atoms with Crippen LogP contribution in [0.1, 0.15) is 30.9 Å². The summed E-state index contributed by atoms with van der Waals surface area (Å²) in [7, 11) is 0. The molecular weight excluding hydrogens is 217 g/mol. The molecule has 76 valence electrons. The number of rotatable bonds is 2. The van der Waals surface area contributed by atoms with Gasteiger partial charge in [0.05, 0.1) is 0 Å². The van der Waals surface area contributed by atoms with Crippen LogP contribution < -0.4 is 5.73 Å². The van der Waals surface area contributed by atoms with E-state index < -0.39 is 0 Å². The number of hydrogen-bond acceptors (Lipinski definition) is 1. The third-order valence-corrected chi connectivity index (χ3v) is 3.36. The Kier molecular flexibility index (Phi) is 3.01. The van der Waals surface area contributed by atoms with Gasteiger partial charge < -0.3 is 5.73 Å². The van der Waals surface area contributed by atoms with E-state index in [9.17, 15) is 0 Å². The summed E-state index contributed by atoms with van der Waals surface area (Å²) in [6, 6.07) is 5.66. The summed E-state index contributed by atoms with van der Waals surface area (Å²) in [5.74, 6) is 0.615. The van der Waals surface area contributed by atoms with E-state index in [1.807, 2.05) is 12.1 Å². The predicted octanol–water partition coefficient (Wildman–Crippen LogP) is 3.79. The van der Waals surface area contributed by atoms with Crippen molar-refractivity contribution in [1.29, 1.82) is 0 Å². The molecule has 0 amide bonds. The van der Waals surface area contributed by atoms with Crippen LogP contribution in [-0.4, -0.2) is 0 Å². The molecule has 0 spiro atoms. The van der Waals surface area contributed by atoms with Crippen LogP contribution >= 0.6 is 23.2 Å². The number of nitrogens with two attached hydrogens (primary N) is 1. The van der Waals surface area contributed by atoms with Crippen LogP contribution in [0.5, 0.6) is 0 Å². The Hall–Kier alpha value is -0.240. The summed E-state index contributed by atoms with van der Waals surface area (Å²) in [6.45, 7) is 0. The van der Waals surface area contributed by atoms with Gasteiger partial charge in [0.25, 0.3) is 0 Å². The van der Waals surface area contributed by atoms with Gasteiger partial charge in [-0.1, -0.05) is 29.6 Å². The monoisotopic (exact) mass is 229 g/mol. The molecule has 1 atom stereocenters. The van der Waals surface area contributed by atoms with Gasteiger partial charge in [-0.25, -0.2) is 0 Å². The minimum Gasteiger partial charge on any atom is -0.324 e. The fraction of sp³-hybridized carbons (Fsp3) is 0.455. The molecule has 0 unspecified atom stereocenters. The highest BCUT2D eigenvalue weighted by Gasteiger charge is 2.25. The van der Waals surface area contributed by atoms with Gasteiger partial charge in [-0.15, -0.1) is 0 Å². The van der Waals surface area contributed by atoms with Crippen molar-refractivity contribution in [3.8, 4) is 0 Å². The third-order valence-electron chi connectivity index (χ3n) is 2.93. The van der Waals surface area contributed by atoms with Gasteiger partial charge >= 0.3 is 0 Å². The van der Waals surface area contributed by atoms with Crippen LogP contribution in [0.3, 0.4) is 0 Å². The van der Waals surface area contributed by atoms with Gasteiger partial charge in [0.15, 0.2) is 0 Å². The molecule has 0 aliphatic heterocycles. The Morgan fingerprint density at radius 2 is 1.71 bits per heavy atom. The zero-order valence-electron chi connectivity index (χ0n) is 7.84. The molecule has 2 rings (SSSR count). The lowest BCUT2D eigenvalue weighted by atomic mass is 9.78. The minimum atomic E-state index is 0.0972. The van der Waals surface area contributed by atoms with Crippen molar-refractivity contribution < 1.29 is 0 Å². The van der Waals surface area contributed by atoms with Crippen LogP contribution in [0.15, 0.2) is 18.2 Å². The fourth-order valence-electron chi connectivity index (χ4n) is 1.84. The Morgan fingerprint density at radius 1 is 1.14 bits per heavy atom. The molecule has 0 heterocycles. The first kappa shape index (κ1) is 10.3. The largest absolute Gasteiger partial charge is 0.324 e. The second-order valence-corrected chi connectivity index (χ2v) is 4.79. The van der Waals surface area contributed by atoms with Gasteiger partial charge in [0.1, 0.15) is 0 Å². The normalized spacial score (nSPS) is 19.1. The first-order chi connectivity index (χ1) is 6.66. The summed E-state index contributed by atoms with van der Waals surface area (Å²) >= 11 is 11.8. The second-order valence-electron chi connectivity index (χ2n) is 3.92. The van der Waals surface area contributed by atoms with E-state index in [0.29, 0.717) is 16.0 Å². The molecule has 1 fully saturated rings. The summed E-state index contributed by atoms with van der Waals surface area (Å²) in [6.07, 6.45) is 3.75. The SMILES string of the molecule is N[C@H](c1cc(Cl)cc(Cl)c1)C1CCC1. The molecule has 0 aromatic heterocycles. The third kappa shape index (κ3) is 2.05. The van der Waals surface area contributed by atoms with Crippen molar-refractivity contribution >= 4 is 23.2 Å². The molecule has 1 aromatic rings. The highest BCUT2D eigenvalue weighted by atomic mass is 35.5. The van der Waals surface area contributed by atoms with Gasteiger partial charge in [-0.05, 0) is 42.5 Å². The molecule has 0 bridgehead atoms. The van der Waals surface area contributed by atoms with Gasteiger partial charge in [0.2, 0.25) is 0 Å². The van der Waals surface area contributed by atoms with E-state index in [1.165, 1.54) is 19.3 Å². The van der Waals surface area contributed by atoms with E-state index in [4.69, 9.17) is 28.9 Å². The maximum Gasteiger partial charge on any atom is 0.0424 e. The molecule has 0 saturated heterocycles. The van der Waals surface area contributed by atoms with Gasteiger partial charge in [0, 0.05) is 16.1 Å². The fourth-order valence-corrected chi connectivity index (χ4v) is 2.38. The number of benzene rings is 1. The number of halogens is 2. The molecular formula is C11H13Cl2N. The zero-order chi connectivity index (χ0) is 10.1. The van der Waals surface area contributed by atoms with E-state index >= 15 is 0 Å². The molecule has 1 aliphatic carbocycles. The molecule has 1 aliphatic rings. The summed E-state index contributed by atoms with van der Waals surface area (Å²) in [5, 5.41) is 1.34. The van der Waals surface area contributed by atoms with Crippen LogP contribution in [0.4, 0.5) is 0 Å². The Bertz CT molecular complexity index is 314. The van der Waals surface area contributed by atoms with Crippen molar-refractivity contribution in [3.05, 3.63) is 33.8 Å². The highest BCUT2D eigenvalue weighted by molar-refractivity contribution is 6.34. The molecule has 1 saturated carbocycles. The second kappa shape index (κ2) is 4.09. The van der Waals surface area contributed by atoms with Crippen LogP contribution in [-0.2, 0) is 0 Å². The lowest BCUT2D eigenvalue weighted by Gasteiger charge is -2.31. The minimum absolute atomic E-state index is 0.0972. The summed E-state index contributed by atoms with van der Waals surface area (Å²) in [4.78, 5) is 0. The van der Waals surface area contributed by atoms with E-state index in [0.717, 1.165) is 5.56 Å². The first-order valence-corrected chi connectivity index (χ1v) is 5.64. The first-order valence-electron chi connectivity index (χ1n) is 4.88.